The van der Waals surface area contributed by atoms with Crippen molar-refractivity contribution in [2.45, 2.75) is 62.9 Å². The number of thioether (sulfide) groups is 1. The highest BCUT2D eigenvalue weighted by atomic mass is 32.2. The monoisotopic (exact) mass is 484 g/mol. The molecule has 7 N–H and O–H groups in total. The number of aromatic amines is 1. The van der Waals surface area contributed by atoms with E-state index >= 15 is 0 Å². The largest absolute Gasteiger partial charge is 0.480 e. The Morgan fingerprint density at radius 2 is 2.06 bits per heavy atom. The number of aliphatic hydroxyl groups excluding tert-OH is 1. The van der Waals surface area contributed by atoms with Gasteiger partial charge in [-0.1, -0.05) is 0 Å². The minimum atomic E-state index is -1.23. The Morgan fingerprint density at radius 1 is 1.33 bits per heavy atom. The second kappa shape index (κ2) is 12.6. The van der Waals surface area contributed by atoms with Crippen LogP contribution in [0.4, 0.5) is 0 Å². The number of nitrogens with one attached hydrogen (secondary N) is 3. The van der Waals surface area contributed by atoms with Gasteiger partial charge in [-0.25, -0.2) is 9.78 Å². The highest BCUT2D eigenvalue weighted by Gasteiger charge is 2.39. The number of nitrogens with zero attached hydrogens (tertiary/aromatic N) is 2. The van der Waals surface area contributed by atoms with E-state index in [2.05, 4.69) is 20.6 Å². The van der Waals surface area contributed by atoms with E-state index in [4.69, 9.17) is 5.73 Å². The molecule has 5 atom stereocenters. The average molecular weight is 485 g/mol. The van der Waals surface area contributed by atoms with E-state index in [1.165, 1.54) is 36.1 Å². The lowest BCUT2D eigenvalue weighted by molar-refractivity contribution is -0.145. The van der Waals surface area contributed by atoms with Crippen LogP contribution in [0.5, 0.6) is 0 Å². The Balaban J connectivity index is 2.16. The molecule has 5 unspecified atom stereocenters. The number of aromatic nitrogens is 2. The quantitative estimate of drug-likeness (QED) is 0.204. The summed E-state index contributed by atoms with van der Waals surface area (Å²) in [5, 5.41) is 24.1. The van der Waals surface area contributed by atoms with Gasteiger partial charge in [0.15, 0.2) is 0 Å². The molecule has 0 radical (unpaired) electrons. The first-order valence-electron chi connectivity index (χ1n) is 10.7. The maximum atomic E-state index is 13.4. The van der Waals surface area contributed by atoms with Gasteiger partial charge in [0.2, 0.25) is 17.7 Å². The maximum absolute atomic E-state index is 13.4. The van der Waals surface area contributed by atoms with Gasteiger partial charge in [0, 0.05) is 24.9 Å². The minimum Gasteiger partial charge on any atom is -0.480 e. The summed E-state index contributed by atoms with van der Waals surface area (Å²) in [6.07, 6.45) is 4.95. The molecule has 1 aromatic heterocycles. The van der Waals surface area contributed by atoms with Crippen LogP contribution >= 0.6 is 11.8 Å². The maximum Gasteiger partial charge on any atom is 0.326 e. The fourth-order valence-corrected chi connectivity index (χ4v) is 4.04. The summed E-state index contributed by atoms with van der Waals surface area (Å²) in [6, 6.07) is -4.18. The van der Waals surface area contributed by atoms with Gasteiger partial charge < -0.3 is 36.5 Å². The lowest BCUT2D eigenvalue weighted by Gasteiger charge is -2.30. The normalized spacial score (nSPS) is 19.4. The molecule has 0 saturated carbocycles. The number of carboxylic acids is 1. The third-order valence-corrected chi connectivity index (χ3v) is 6.12. The summed E-state index contributed by atoms with van der Waals surface area (Å²) in [6.45, 7) is 1.66. The van der Waals surface area contributed by atoms with Crippen molar-refractivity contribution >= 4 is 35.5 Å². The van der Waals surface area contributed by atoms with Crippen LogP contribution in [0.3, 0.4) is 0 Å². The van der Waals surface area contributed by atoms with Gasteiger partial charge in [-0.15, -0.1) is 0 Å². The van der Waals surface area contributed by atoms with Crippen LogP contribution in [0.15, 0.2) is 12.5 Å². The molecule has 1 aromatic rings. The Bertz CT molecular complexity index is 820. The van der Waals surface area contributed by atoms with Crippen LogP contribution < -0.4 is 16.4 Å². The van der Waals surface area contributed by atoms with E-state index in [1.54, 1.807) is 0 Å². The van der Waals surface area contributed by atoms with Crippen molar-refractivity contribution in [1.82, 2.24) is 25.5 Å². The zero-order chi connectivity index (χ0) is 24.5. The van der Waals surface area contributed by atoms with Gasteiger partial charge in [-0.2, -0.15) is 11.8 Å². The molecule has 2 heterocycles. The van der Waals surface area contributed by atoms with Crippen molar-refractivity contribution in [3.63, 3.8) is 0 Å². The van der Waals surface area contributed by atoms with Crippen LogP contribution in [0.2, 0.25) is 0 Å². The van der Waals surface area contributed by atoms with Gasteiger partial charge in [-0.3, -0.25) is 14.4 Å². The topological polar surface area (TPSA) is 191 Å². The van der Waals surface area contributed by atoms with E-state index < -0.39 is 54.0 Å². The van der Waals surface area contributed by atoms with E-state index in [0.717, 1.165) is 0 Å². The van der Waals surface area contributed by atoms with Gasteiger partial charge >= 0.3 is 5.97 Å². The number of carbonyl (C=O) groups excluding carboxylic acids is 3. The SMILES string of the molecule is CSCCC(NC(=O)C1CCCN1C(=O)C(Cc1cnc[nH]1)NC(=O)C(N)C(C)O)C(=O)O. The number of aliphatic hydroxyl groups is 1. The molecule has 184 valence electrons. The number of rotatable bonds is 12. The number of hydrogen-bond donors (Lipinski definition) is 6. The Kier molecular flexibility index (Phi) is 10.1. The van der Waals surface area contributed by atoms with E-state index in [9.17, 15) is 29.4 Å². The first-order chi connectivity index (χ1) is 15.6. The van der Waals surface area contributed by atoms with Crippen molar-refractivity contribution in [2.24, 2.45) is 5.73 Å². The van der Waals surface area contributed by atoms with Gasteiger partial charge in [0.25, 0.3) is 0 Å². The number of imidazole rings is 1. The molecule has 2 rings (SSSR count). The molecule has 0 bridgehead atoms. The third-order valence-electron chi connectivity index (χ3n) is 5.48. The van der Waals surface area contributed by atoms with E-state index in [0.29, 0.717) is 24.3 Å². The Morgan fingerprint density at radius 3 is 2.64 bits per heavy atom. The summed E-state index contributed by atoms with van der Waals surface area (Å²) in [4.78, 5) is 58.3. The number of aliphatic carboxylic acids is 1. The summed E-state index contributed by atoms with van der Waals surface area (Å²) < 4.78 is 0. The predicted molar refractivity (Wildman–Crippen MR) is 121 cm³/mol. The van der Waals surface area contributed by atoms with E-state index in [-0.39, 0.29) is 19.4 Å². The van der Waals surface area contributed by atoms with Gasteiger partial charge in [-0.05, 0) is 38.2 Å². The van der Waals surface area contributed by atoms with Crippen LogP contribution in [-0.2, 0) is 25.6 Å². The molecular formula is C20H32N6O6S. The Hall–Kier alpha value is -2.64. The van der Waals surface area contributed by atoms with Crippen LogP contribution in [-0.4, -0.2) is 97.6 Å². The summed E-state index contributed by atoms with van der Waals surface area (Å²) in [5.41, 5.74) is 6.29. The van der Waals surface area contributed by atoms with E-state index in [1.807, 2.05) is 6.26 Å². The molecule has 1 aliphatic heterocycles. The number of hydrogen-bond acceptors (Lipinski definition) is 8. The number of carboxylic acid groups (broad SMARTS) is 1. The number of likely N-dealkylation sites (tertiary alicyclic amines) is 1. The lowest BCUT2D eigenvalue weighted by Crippen LogP contribution is -2.58. The fourth-order valence-electron chi connectivity index (χ4n) is 3.57. The fraction of sp³-hybridized carbons (Fsp3) is 0.650. The van der Waals surface area contributed by atoms with Crippen molar-refractivity contribution in [1.29, 1.82) is 0 Å². The number of H-pyrrole nitrogens is 1. The third kappa shape index (κ3) is 7.44. The second-order valence-corrected chi connectivity index (χ2v) is 8.96. The molecule has 12 nitrogen and oxygen atoms in total. The molecule has 3 amide bonds. The zero-order valence-electron chi connectivity index (χ0n) is 18.7. The van der Waals surface area contributed by atoms with Gasteiger partial charge in [0.05, 0.1) is 12.4 Å². The van der Waals surface area contributed by atoms with Crippen LogP contribution in [0.1, 0.15) is 31.9 Å². The molecule has 1 aliphatic rings. The van der Waals surface area contributed by atoms with Crippen LogP contribution in [0, 0.1) is 0 Å². The van der Waals surface area contributed by atoms with Crippen LogP contribution in [0.25, 0.3) is 0 Å². The summed E-state index contributed by atoms with van der Waals surface area (Å²) in [5.74, 6) is -2.31. The first-order valence-corrected chi connectivity index (χ1v) is 12.1. The molecule has 1 saturated heterocycles. The molecule has 1 fully saturated rings. The number of carbonyl (C=O) groups is 4. The Labute approximate surface area is 196 Å². The lowest BCUT2D eigenvalue weighted by atomic mass is 10.1. The standard InChI is InChI=1S/C20H32N6O6S/c1-11(27)16(21)18(29)25-14(8-12-9-22-10-23-12)19(30)26-6-3-4-15(26)17(28)24-13(20(31)32)5-7-33-2/h9-11,13-16,27H,3-8,21H2,1-2H3,(H,22,23)(H,24,28)(H,25,29)(H,31,32). The zero-order valence-corrected chi connectivity index (χ0v) is 19.5. The van der Waals surface area contributed by atoms with Crippen molar-refractivity contribution in [2.75, 3.05) is 18.6 Å². The van der Waals surface area contributed by atoms with Crippen molar-refractivity contribution in [3.05, 3.63) is 18.2 Å². The smallest absolute Gasteiger partial charge is 0.326 e. The number of nitrogens with two attached hydrogens (primary N) is 1. The molecular weight excluding hydrogens is 452 g/mol. The predicted octanol–water partition coefficient (Wildman–Crippen LogP) is -1.54. The van der Waals surface area contributed by atoms with Crippen molar-refractivity contribution in [3.8, 4) is 0 Å². The molecule has 0 aliphatic carbocycles. The molecule has 13 heteroatoms. The van der Waals surface area contributed by atoms with Gasteiger partial charge in [0.1, 0.15) is 24.2 Å². The highest BCUT2D eigenvalue weighted by Crippen LogP contribution is 2.20. The first kappa shape index (κ1) is 26.6. The summed E-state index contributed by atoms with van der Waals surface area (Å²) in [7, 11) is 0. The molecule has 0 spiro atoms. The second-order valence-electron chi connectivity index (χ2n) is 7.98. The average Bonchev–Trinajstić information content (AvgIpc) is 3.46. The molecule has 33 heavy (non-hydrogen) atoms. The molecule has 0 aromatic carbocycles. The minimum absolute atomic E-state index is 0.0768. The number of amides is 3. The van der Waals surface area contributed by atoms with Crippen molar-refractivity contribution < 1.29 is 29.4 Å². The summed E-state index contributed by atoms with van der Waals surface area (Å²) >= 11 is 1.47. The highest BCUT2D eigenvalue weighted by molar-refractivity contribution is 7.98.